The second kappa shape index (κ2) is 12.1. The highest BCUT2D eigenvalue weighted by atomic mass is 79.9. The van der Waals surface area contributed by atoms with Crippen LogP contribution >= 0.6 is 15.9 Å². The Kier molecular flexibility index (Phi) is 10.8. The van der Waals surface area contributed by atoms with E-state index in [0.717, 1.165) is 31.2 Å². The molecular weight excluding hydrogens is 344 g/mol. The van der Waals surface area contributed by atoms with E-state index in [0.29, 0.717) is 26.4 Å². The molecule has 0 N–H and O–H groups in total. The van der Waals surface area contributed by atoms with Gasteiger partial charge in [0, 0.05) is 18.5 Å². The predicted molar refractivity (Wildman–Crippen MR) is 94.6 cm³/mol. The van der Waals surface area contributed by atoms with E-state index in [2.05, 4.69) is 35.0 Å². The molecule has 3 nitrogen and oxygen atoms in total. The van der Waals surface area contributed by atoms with Gasteiger partial charge < -0.3 is 14.2 Å². The van der Waals surface area contributed by atoms with Crippen LogP contribution in [0.15, 0.2) is 30.3 Å². The number of rotatable bonds is 13. The molecule has 0 unspecified atom stereocenters. The van der Waals surface area contributed by atoms with Crippen LogP contribution in [0.1, 0.15) is 38.7 Å². The summed E-state index contributed by atoms with van der Waals surface area (Å²) >= 11 is 3.51. The van der Waals surface area contributed by atoms with E-state index in [9.17, 15) is 0 Å². The lowest BCUT2D eigenvalue weighted by atomic mass is 9.96. The highest BCUT2D eigenvalue weighted by Crippen LogP contribution is 2.24. The second-order valence-corrected chi connectivity index (χ2v) is 6.37. The van der Waals surface area contributed by atoms with Crippen molar-refractivity contribution >= 4 is 15.9 Å². The summed E-state index contributed by atoms with van der Waals surface area (Å²) in [5.41, 5.74) is 1.07. The van der Waals surface area contributed by atoms with Gasteiger partial charge in [0.25, 0.3) is 0 Å². The first kappa shape index (κ1) is 19.6. The third-order valence-electron chi connectivity index (χ3n) is 3.62. The molecule has 0 aliphatic carbocycles. The van der Waals surface area contributed by atoms with E-state index in [1.54, 1.807) is 0 Å². The smallest absolute Gasteiger partial charge is 0.0724 e. The summed E-state index contributed by atoms with van der Waals surface area (Å²) < 4.78 is 17.1. The standard InChI is InChI=1S/C18H29BrO3/c1-3-20-14-15-21-13-11-18(2,10-7-12-19)22-16-17-8-5-4-6-9-17/h4-6,8-9H,3,7,10-16H2,1-2H3/t18-/m1/s1. The fourth-order valence-electron chi connectivity index (χ4n) is 2.19. The Morgan fingerprint density at radius 1 is 1.00 bits per heavy atom. The molecule has 1 atom stereocenters. The minimum absolute atomic E-state index is 0.144. The molecule has 0 saturated heterocycles. The summed E-state index contributed by atoms with van der Waals surface area (Å²) in [6.45, 7) is 7.60. The van der Waals surface area contributed by atoms with Crippen molar-refractivity contribution in [2.45, 2.75) is 45.3 Å². The maximum absolute atomic E-state index is 6.21. The number of benzene rings is 1. The van der Waals surface area contributed by atoms with Crippen LogP contribution in [0.3, 0.4) is 0 Å². The van der Waals surface area contributed by atoms with Gasteiger partial charge in [0.05, 0.1) is 25.4 Å². The fourth-order valence-corrected chi connectivity index (χ4v) is 2.47. The van der Waals surface area contributed by atoms with Crippen molar-refractivity contribution in [1.29, 1.82) is 0 Å². The largest absolute Gasteiger partial charge is 0.379 e. The molecule has 0 bridgehead atoms. The van der Waals surface area contributed by atoms with Crippen LogP contribution in [-0.2, 0) is 20.8 Å². The van der Waals surface area contributed by atoms with Crippen molar-refractivity contribution in [2.24, 2.45) is 0 Å². The van der Waals surface area contributed by atoms with Crippen LogP contribution in [0.5, 0.6) is 0 Å². The molecule has 126 valence electrons. The summed E-state index contributed by atoms with van der Waals surface area (Å²) in [4.78, 5) is 0. The summed E-state index contributed by atoms with van der Waals surface area (Å²) in [5.74, 6) is 0. The van der Waals surface area contributed by atoms with Gasteiger partial charge >= 0.3 is 0 Å². The van der Waals surface area contributed by atoms with Gasteiger partial charge in [0.15, 0.2) is 0 Å². The van der Waals surface area contributed by atoms with Crippen LogP contribution in [-0.4, -0.2) is 37.4 Å². The molecule has 1 aromatic carbocycles. The van der Waals surface area contributed by atoms with Gasteiger partial charge in [-0.2, -0.15) is 0 Å². The quantitative estimate of drug-likeness (QED) is 0.374. The van der Waals surface area contributed by atoms with Gasteiger partial charge in [-0.15, -0.1) is 0 Å². The van der Waals surface area contributed by atoms with Crippen molar-refractivity contribution in [3.63, 3.8) is 0 Å². The zero-order valence-corrected chi connectivity index (χ0v) is 15.4. The van der Waals surface area contributed by atoms with E-state index in [1.807, 2.05) is 25.1 Å². The van der Waals surface area contributed by atoms with Gasteiger partial charge in [-0.1, -0.05) is 46.3 Å². The monoisotopic (exact) mass is 372 g/mol. The fraction of sp³-hybridized carbons (Fsp3) is 0.667. The lowest BCUT2D eigenvalue weighted by Gasteiger charge is -2.30. The maximum Gasteiger partial charge on any atom is 0.0724 e. The van der Waals surface area contributed by atoms with Crippen LogP contribution < -0.4 is 0 Å². The van der Waals surface area contributed by atoms with E-state index in [4.69, 9.17) is 14.2 Å². The SMILES string of the molecule is CCOCCOCC[C@@](C)(CCCBr)OCc1ccccc1. The molecule has 1 aromatic rings. The average molecular weight is 373 g/mol. The first-order valence-electron chi connectivity index (χ1n) is 8.09. The predicted octanol–water partition coefficient (Wildman–Crippen LogP) is 4.58. The molecule has 0 aliphatic heterocycles. The highest BCUT2D eigenvalue weighted by molar-refractivity contribution is 9.09. The number of hydrogen-bond acceptors (Lipinski definition) is 3. The van der Waals surface area contributed by atoms with E-state index >= 15 is 0 Å². The Morgan fingerprint density at radius 3 is 2.41 bits per heavy atom. The zero-order chi connectivity index (χ0) is 16.1. The van der Waals surface area contributed by atoms with Crippen molar-refractivity contribution in [3.05, 3.63) is 35.9 Å². The summed E-state index contributed by atoms with van der Waals surface area (Å²) in [5, 5.41) is 1.00. The molecule has 0 saturated carbocycles. The minimum atomic E-state index is -0.144. The Balaban J connectivity index is 2.36. The van der Waals surface area contributed by atoms with Crippen molar-refractivity contribution in [2.75, 3.05) is 31.8 Å². The van der Waals surface area contributed by atoms with Crippen LogP contribution in [0, 0.1) is 0 Å². The minimum Gasteiger partial charge on any atom is -0.379 e. The van der Waals surface area contributed by atoms with E-state index < -0.39 is 0 Å². The van der Waals surface area contributed by atoms with Gasteiger partial charge in [0.1, 0.15) is 0 Å². The Labute approximate surface area is 143 Å². The molecule has 0 radical (unpaired) electrons. The topological polar surface area (TPSA) is 27.7 Å². The van der Waals surface area contributed by atoms with E-state index in [1.165, 1.54) is 5.56 Å². The van der Waals surface area contributed by atoms with E-state index in [-0.39, 0.29) is 5.60 Å². The van der Waals surface area contributed by atoms with Gasteiger partial charge in [0.2, 0.25) is 0 Å². The summed E-state index contributed by atoms with van der Waals surface area (Å²) in [6.07, 6.45) is 3.03. The van der Waals surface area contributed by atoms with Crippen LogP contribution in [0.4, 0.5) is 0 Å². The molecule has 0 aromatic heterocycles. The first-order chi connectivity index (χ1) is 10.7. The van der Waals surface area contributed by atoms with Gasteiger partial charge in [-0.3, -0.25) is 0 Å². The summed E-state index contributed by atoms with van der Waals surface area (Å²) in [7, 11) is 0. The first-order valence-corrected chi connectivity index (χ1v) is 9.21. The Hall–Kier alpha value is -0.420. The normalized spacial score (nSPS) is 14.0. The highest BCUT2D eigenvalue weighted by Gasteiger charge is 2.24. The van der Waals surface area contributed by atoms with Crippen molar-refractivity contribution in [1.82, 2.24) is 0 Å². The molecule has 22 heavy (non-hydrogen) atoms. The molecule has 0 fully saturated rings. The number of hydrogen-bond donors (Lipinski definition) is 0. The molecule has 0 aliphatic rings. The average Bonchev–Trinajstić information content (AvgIpc) is 2.55. The molecule has 0 amide bonds. The van der Waals surface area contributed by atoms with Crippen LogP contribution in [0.2, 0.25) is 0 Å². The van der Waals surface area contributed by atoms with Gasteiger partial charge in [-0.25, -0.2) is 0 Å². The van der Waals surface area contributed by atoms with Gasteiger partial charge in [-0.05, 0) is 38.7 Å². The lowest BCUT2D eigenvalue weighted by molar-refractivity contribution is -0.0714. The maximum atomic E-state index is 6.21. The summed E-state index contributed by atoms with van der Waals surface area (Å²) in [6, 6.07) is 10.3. The third-order valence-corrected chi connectivity index (χ3v) is 4.18. The zero-order valence-electron chi connectivity index (χ0n) is 13.9. The number of ether oxygens (including phenoxy) is 3. The molecule has 4 heteroatoms. The second-order valence-electron chi connectivity index (χ2n) is 5.58. The van der Waals surface area contributed by atoms with Crippen molar-refractivity contribution < 1.29 is 14.2 Å². The Morgan fingerprint density at radius 2 is 1.73 bits per heavy atom. The molecular formula is C18H29BrO3. The molecule has 0 heterocycles. The number of alkyl halides is 1. The number of halogens is 1. The van der Waals surface area contributed by atoms with Crippen LogP contribution in [0.25, 0.3) is 0 Å². The lowest BCUT2D eigenvalue weighted by Crippen LogP contribution is -2.31. The third kappa shape index (κ3) is 8.89. The molecule has 1 rings (SSSR count). The Bertz CT molecular complexity index is 372. The van der Waals surface area contributed by atoms with Crippen molar-refractivity contribution in [3.8, 4) is 0 Å². The molecule has 0 spiro atoms.